The maximum atomic E-state index is 4.61. The van der Waals surface area contributed by atoms with E-state index in [4.69, 9.17) is 0 Å². The Balaban J connectivity index is 0.00000484. The average Bonchev–Trinajstić information content (AvgIpc) is 2.92. The molecule has 1 rings (SSSR count). The number of nitrogens with one attached hydrogen (secondary N) is 2. The van der Waals surface area contributed by atoms with E-state index < -0.39 is 0 Å². The lowest BCUT2D eigenvalue weighted by molar-refractivity contribution is 0.583. The number of guanidine groups is 1. The van der Waals surface area contributed by atoms with Crippen LogP contribution >= 0.6 is 24.0 Å². The van der Waals surface area contributed by atoms with E-state index in [9.17, 15) is 0 Å². The van der Waals surface area contributed by atoms with Gasteiger partial charge in [0.05, 0.1) is 12.2 Å². The van der Waals surface area contributed by atoms with Gasteiger partial charge >= 0.3 is 0 Å². The quantitative estimate of drug-likeness (QED) is 0.240. The minimum atomic E-state index is 0. The molecule has 0 saturated heterocycles. The summed E-state index contributed by atoms with van der Waals surface area (Å²) in [4.78, 5) is 4.61. The molecule has 6 heteroatoms. The summed E-state index contributed by atoms with van der Waals surface area (Å²) in [6.07, 6.45) is 11.1. The van der Waals surface area contributed by atoms with Crippen LogP contribution in [0.5, 0.6) is 0 Å². The van der Waals surface area contributed by atoms with E-state index in [0.29, 0.717) is 6.54 Å². The number of rotatable bonds is 11. The van der Waals surface area contributed by atoms with Gasteiger partial charge in [0.2, 0.25) is 0 Å². The molecule has 0 saturated carbocycles. The van der Waals surface area contributed by atoms with Crippen LogP contribution in [-0.2, 0) is 13.6 Å². The van der Waals surface area contributed by atoms with E-state index in [1.54, 1.807) is 0 Å². The molecule has 0 unspecified atom stereocenters. The summed E-state index contributed by atoms with van der Waals surface area (Å²) in [7, 11) is 1.95. The highest BCUT2D eigenvalue weighted by atomic mass is 127. The lowest BCUT2D eigenvalue weighted by Gasteiger charge is -2.11. The number of hydrogen-bond acceptors (Lipinski definition) is 2. The Morgan fingerprint density at radius 2 is 1.78 bits per heavy atom. The number of hydrogen-bond donors (Lipinski definition) is 2. The Labute approximate surface area is 158 Å². The Bertz CT molecular complexity index is 417. The van der Waals surface area contributed by atoms with Crippen molar-refractivity contribution >= 4 is 29.9 Å². The molecule has 5 nitrogen and oxygen atoms in total. The highest BCUT2D eigenvalue weighted by Gasteiger charge is 2.00. The average molecular weight is 435 g/mol. The van der Waals surface area contributed by atoms with Crippen molar-refractivity contribution in [2.45, 2.75) is 65.3 Å². The molecule has 0 atom stereocenters. The third-order valence-electron chi connectivity index (χ3n) is 3.74. The van der Waals surface area contributed by atoms with Crippen LogP contribution < -0.4 is 10.6 Å². The molecule has 0 radical (unpaired) electrons. The smallest absolute Gasteiger partial charge is 0.191 e. The Kier molecular flexibility index (Phi) is 14.3. The molecule has 0 aromatic carbocycles. The number of aromatic nitrogens is 2. The number of nitrogens with zero attached hydrogens (tertiary/aromatic N) is 3. The van der Waals surface area contributed by atoms with Gasteiger partial charge in [-0.2, -0.15) is 5.10 Å². The highest BCUT2D eigenvalue weighted by Crippen LogP contribution is 2.06. The minimum Gasteiger partial charge on any atom is -0.357 e. The summed E-state index contributed by atoms with van der Waals surface area (Å²) in [5.74, 6) is 0.898. The van der Waals surface area contributed by atoms with Crippen molar-refractivity contribution in [2.24, 2.45) is 12.0 Å². The van der Waals surface area contributed by atoms with Crippen LogP contribution in [0.25, 0.3) is 0 Å². The van der Waals surface area contributed by atoms with E-state index in [1.165, 1.54) is 44.9 Å². The summed E-state index contributed by atoms with van der Waals surface area (Å²) >= 11 is 0. The van der Waals surface area contributed by atoms with Crippen LogP contribution in [0.4, 0.5) is 0 Å². The first-order chi connectivity index (χ1) is 10.8. The minimum absolute atomic E-state index is 0. The standard InChI is InChI=1S/C17H33N5.HI/c1-4-6-7-8-9-10-11-13-19-17(18-5-2)20-15-16-12-14-21-22(16)3;/h12,14H,4-11,13,15H2,1-3H3,(H2,18,19,20);1H. The first kappa shape index (κ1) is 22.2. The van der Waals surface area contributed by atoms with Gasteiger partial charge in [0.25, 0.3) is 0 Å². The van der Waals surface area contributed by atoms with Gasteiger partial charge in [-0.05, 0) is 19.4 Å². The second-order valence-electron chi connectivity index (χ2n) is 5.69. The van der Waals surface area contributed by atoms with E-state index in [-0.39, 0.29) is 24.0 Å². The van der Waals surface area contributed by atoms with E-state index >= 15 is 0 Å². The summed E-state index contributed by atoms with van der Waals surface area (Å²) in [5.41, 5.74) is 1.12. The molecular formula is C17H34IN5. The third-order valence-corrected chi connectivity index (χ3v) is 3.74. The normalized spacial score (nSPS) is 11.2. The van der Waals surface area contributed by atoms with Gasteiger partial charge in [-0.1, -0.05) is 45.4 Å². The first-order valence-corrected chi connectivity index (χ1v) is 8.77. The molecule has 1 heterocycles. The van der Waals surface area contributed by atoms with Gasteiger partial charge in [0.1, 0.15) is 0 Å². The topological polar surface area (TPSA) is 54.2 Å². The van der Waals surface area contributed by atoms with E-state index in [0.717, 1.165) is 24.7 Å². The van der Waals surface area contributed by atoms with Crippen molar-refractivity contribution in [1.29, 1.82) is 0 Å². The number of aryl methyl sites for hydroxylation is 1. The molecule has 0 bridgehead atoms. The summed E-state index contributed by atoms with van der Waals surface area (Å²) in [6, 6.07) is 2.00. The lowest BCUT2D eigenvalue weighted by Crippen LogP contribution is -2.37. The van der Waals surface area contributed by atoms with E-state index in [2.05, 4.69) is 34.6 Å². The van der Waals surface area contributed by atoms with Crippen LogP contribution in [0, 0.1) is 0 Å². The molecule has 1 aromatic heterocycles. The van der Waals surface area contributed by atoms with Gasteiger partial charge in [-0.25, -0.2) is 4.99 Å². The lowest BCUT2D eigenvalue weighted by atomic mass is 10.1. The van der Waals surface area contributed by atoms with E-state index in [1.807, 2.05) is 24.0 Å². The van der Waals surface area contributed by atoms with Gasteiger partial charge in [0.15, 0.2) is 5.96 Å². The molecule has 1 aromatic rings. The number of unbranched alkanes of at least 4 members (excludes halogenated alkanes) is 6. The van der Waals surface area contributed by atoms with Gasteiger partial charge in [0, 0.05) is 26.3 Å². The van der Waals surface area contributed by atoms with Crippen LogP contribution in [0.2, 0.25) is 0 Å². The first-order valence-electron chi connectivity index (χ1n) is 8.77. The van der Waals surface area contributed by atoms with Gasteiger partial charge in [-0.15, -0.1) is 24.0 Å². The molecule has 0 spiro atoms. The van der Waals surface area contributed by atoms with Gasteiger partial charge in [-0.3, -0.25) is 4.68 Å². The third kappa shape index (κ3) is 10.6. The van der Waals surface area contributed by atoms with Crippen molar-refractivity contribution in [3.05, 3.63) is 18.0 Å². The van der Waals surface area contributed by atoms with Crippen LogP contribution in [0.15, 0.2) is 17.3 Å². The summed E-state index contributed by atoms with van der Waals surface area (Å²) in [6.45, 7) is 6.88. The van der Waals surface area contributed by atoms with Crippen molar-refractivity contribution in [3.63, 3.8) is 0 Å². The summed E-state index contributed by atoms with van der Waals surface area (Å²) in [5, 5.41) is 10.9. The second-order valence-corrected chi connectivity index (χ2v) is 5.69. The number of aliphatic imine (C=N–C) groups is 1. The maximum Gasteiger partial charge on any atom is 0.191 e. The Morgan fingerprint density at radius 3 is 2.39 bits per heavy atom. The van der Waals surface area contributed by atoms with Crippen molar-refractivity contribution in [2.75, 3.05) is 13.1 Å². The number of halogens is 1. The Morgan fingerprint density at radius 1 is 1.09 bits per heavy atom. The maximum absolute atomic E-state index is 4.61. The molecule has 0 aliphatic rings. The van der Waals surface area contributed by atoms with Crippen LogP contribution in [0.3, 0.4) is 0 Å². The van der Waals surface area contributed by atoms with Crippen LogP contribution in [0.1, 0.15) is 64.5 Å². The molecule has 0 aliphatic heterocycles. The van der Waals surface area contributed by atoms with Gasteiger partial charge < -0.3 is 10.6 Å². The fourth-order valence-electron chi connectivity index (χ4n) is 2.35. The zero-order valence-corrected chi connectivity index (χ0v) is 17.3. The largest absolute Gasteiger partial charge is 0.357 e. The van der Waals surface area contributed by atoms with Crippen molar-refractivity contribution < 1.29 is 0 Å². The zero-order chi connectivity index (χ0) is 16.0. The molecule has 23 heavy (non-hydrogen) atoms. The SMILES string of the molecule is CCCCCCCCCNC(=NCc1ccnn1C)NCC.I. The monoisotopic (exact) mass is 435 g/mol. The fraction of sp³-hybridized carbons (Fsp3) is 0.765. The molecule has 0 amide bonds. The molecule has 0 aliphatic carbocycles. The van der Waals surface area contributed by atoms with Crippen molar-refractivity contribution in [1.82, 2.24) is 20.4 Å². The molecule has 2 N–H and O–H groups in total. The predicted molar refractivity (Wildman–Crippen MR) is 109 cm³/mol. The fourth-order valence-corrected chi connectivity index (χ4v) is 2.35. The van der Waals surface area contributed by atoms with Crippen LogP contribution in [-0.4, -0.2) is 28.8 Å². The van der Waals surface area contributed by atoms with Crippen molar-refractivity contribution in [3.8, 4) is 0 Å². The zero-order valence-electron chi connectivity index (χ0n) is 15.0. The summed E-state index contributed by atoms with van der Waals surface area (Å²) < 4.78 is 1.86. The highest BCUT2D eigenvalue weighted by molar-refractivity contribution is 14.0. The molecule has 134 valence electrons. The molecule has 0 fully saturated rings. The molecular weight excluding hydrogens is 401 g/mol. The Hall–Kier alpha value is -0.790. The predicted octanol–water partition coefficient (Wildman–Crippen LogP) is 3.84. The second kappa shape index (κ2) is 14.8.